The molecule has 7 heteroatoms. The second-order valence-corrected chi connectivity index (χ2v) is 7.13. The minimum atomic E-state index is -0.787. The van der Waals surface area contributed by atoms with Gasteiger partial charge in [0.2, 0.25) is 0 Å². The van der Waals surface area contributed by atoms with Gasteiger partial charge in [0.05, 0.1) is 5.69 Å². The molecule has 1 aliphatic rings. The van der Waals surface area contributed by atoms with Crippen LogP contribution >= 0.6 is 11.6 Å². The van der Waals surface area contributed by atoms with Gasteiger partial charge in [0.1, 0.15) is 17.1 Å². The molecular formula is C23H17ClN2O4. The van der Waals surface area contributed by atoms with E-state index < -0.39 is 17.8 Å². The number of carbonyl (C=O) groups is 3. The second-order valence-electron chi connectivity index (χ2n) is 6.69. The monoisotopic (exact) mass is 420 g/mol. The Labute approximate surface area is 177 Å². The smallest absolute Gasteiger partial charge is 0.335 e. The highest BCUT2D eigenvalue weighted by molar-refractivity contribution is 6.39. The summed E-state index contributed by atoms with van der Waals surface area (Å²) in [6.45, 7) is 2.01. The van der Waals surface area contributed by atoms with E-state index in [9.17, 15) is 14.4 Å². The fourth-order valence-electron chi connectivity index (χ4n) is 3.14. The fraction of sp³-hybridized carbons (Fsp3) is 0.0870. The van der Waals surface area contributed by atoms with E-state index in [2.05, 4.69) is 5.32 Å². The average Bonchev–Trinajstić information content (AvgIpc) is 3.20. The highest BCUT2D eigenvalue weighted by Crippen LogP contribution is 2.27. The van der Waals surface area contributed by atoms with Crippen molar-refractivity contribution >= 4 is 41.2 Å². The molecule has 2 aromatic carbocycles. The number of furan rings is 1. The van der Waals surface area contributed by atoms with Gasteiger partial charge in [-0.25, -0.2) is 9.69 Å². The Morgan fingerprint density at radius 2 is 1.80 bits per heavy atom. The highest BCUT2D eigenvalue weighted by atomic mass is 35.5. The summed E-state index contributed by atoms with van der Waals surface area (Å²) in [6.07, 6.45) is 2.16. The van der Waals surface area contributed by atoms with Gasteiger partial charge in [-0.1, -0.05) is 42.8 Å². The molecule has 0 unspecified atom stereocenters. The molecule has 4 amide bonds. The number of nitrogens with one attached hydrogen (secondary N) is 1. The minimum Gasteiger partial charge on any atom is -0.457 e. The molecule has 0 bridgehead atoms. The van der Waals surface area contributed by atoms with Crippen molar-refractivity contribution in [3.63, 3.8) is 0 Å². The Morgan fingerprint density at radius 3 is 2.50 bits per heavy atom. The number of benzene rings is 2. The Hall–Kier alpha value is -3.64. The van der Waals surface area contributed by atoms with Crippen LogP contribution in [0.15, 0.2) is 70.7 Å². The summed E-state index contributed by atoms with van der Waals surface area (Å²) < 4.78 is 5.75. The van der Waals surface area contributed by atoms with Crippen LogP contribution in [0.2, 0.25) is 5.02 Å². The van der Waals surface area contributed by atoms with Crippen LogP contribution in [0.3, 0.4) is 0 Å². The maximum absolute atomic E-state index is 12.9. The van der Waals surface area contributed by atoms with Crippen molar-refractivity contribution in [3.8, 4) is 11.3 Å². The van der Waals surface area contributed by atoms with E-state index in [0.29, 0.717) is 22.2 Å². The van der Waals surface area contributed by atoms with E-state index in [1.165, 1.54) is 6.08 Å². The number of hydrogen-bond acceptors (Lipinski definition) is 4. The Bertz CT molecular complexity index is 1180. The Kier molecular flexibility index (Phi) is 5.25. The maximum Gasteiger partial charge on any atom is 0.335 e. The number of aryl methyl sites for hydroxylation is 1. The van der Waals surface area contributed by atoms with E-state index >= 15 is 0 Å². The molecule has 1 saturated heterocycles. The van der Waals surface area contributed by atoms with Crippen LogP contribution in [-0.2, 0) is 16.0 Å². The number of urea groups is 1. The zero-order valence-corrected chi connectivity index (χ0v) is 16.8. The molecule has 1 N–H and O–H groups in total. The van der Waals surface area contributed by atoms with Gasteiger partial charge >= 0.3 is 6.03 Å². The van der Waals surface area contributed by atoms with Crippen molar-refractivity contribution in [1.29, 1.82) is 0 Å². The highest BCUT2D eigenvalue weighted by Gasteiger charge is 2.37. The molecule has 6 nitrogen and oxygen atoms in total. The van der Waals surface area contributed by atoms with Gasteiger partial charge in [-0.2, -0.15) is 0 Å². The summed E-state index contributed by atoms with van der Waals surface area (Å²) in [5.74, 6) is -0.643. The predicted octanol–water partition coefficient (Wildman–Crippen LogP) is 4.83. The standard InChI is InChI=1S/C23H17ClN2O4/c1-2-14-6-8-17(9-7-14)26-22(28)19(21(27)25-23(26)29)13-18-10-11-20(30-18)15-4-3-5-16(24)12-15/h3-13H,2H2,1H3,(H,25,27,29)/b19-13-. The van der Waals surface area contributed by atoms with Crippen LogP contribution in [-0.4, -0.2) is 17.8 Å². The topological polar surface area (TPSA) is 79.6 Å². The molecule has 30 heavy (non-hydrogen) atoms. The first kappa shape index (κ1) is 19.7. The molecule has 3 aromatic rings. The van der Waals surface area contributed by atoms with Gasteiger partial charge in [0.25, 0.3) is 11.8 Å². The molecule has 4 rings (SSSR count). The normalized spacial score (nSPS) is 15.6. The first-order valence-corrected chi connectivity index (χ1v) is 9.70. The van der Waals surface area contributed by atoms with Crippen LogP contribution in [0.1, 0.15) is 18.2 Å². The molecule has 150 valence electrons. The lowest BCUT2D eigenvalue weighted by molar-refractivity contribution is -0.122. The van der Waals surface area contributed by atoms with Gasteiger partial charge in [0.15, 0.2) is 0 Å². The van der Waals surface area contributed by atoms with Gasteiger partial charge in [-0.3, -0.25) is 14.9 Å². The quantitative estimate of drug-likeness (QED) is 0.484. The lowest BCUT2D eigenvalue weighted by Crippen LogP contribution is -2.54. The van der Waals surface area contributed by atoms with Crippen molar-refractivity contribution in [1.82, 2.24) is 5.32 Å². The predicted molar refractivity (Wildman–Crippen MR) is 114 cm³/mol. The van der Waals surface area contributed by atoms with Crippen molar-refractivity contribution in [2.75, 3.05) is 4.90 Å². The molecule has 0 radical (unpaired) electrons. The maximum atomic E-state index is 12.9. The third-order valence-electron chi connectivity index (χ3n) is 4.73. The number of imide groups is 2. The van der Waals surface area contributed by atoms with Gasteiger partial charge < -0.3 is 4.42 Å². The van der Waals surface area contributed by atoms with Crippen LogP contribution in [0.5, 0.6) is 0 Å². The van der Waals surface area contributed by atoms with Gasteiger partial charge in [0, 0.05) is 10.6 Å². The number of halogens is 1. The van der Waals surface area contributed by atoms with E-state index in [4.69, 9.17) is 16.0 Å². The summed E-state index contributed by atoms with van der Waals surface area (Å²) >= 11 is 6.01. The lowest BCUT2D eigenvalue weighted by Gasteiger charge is -2.26. The first-order chi connectivity index (χ1) is 14.5. The number of hydrogen-bond donors (Lipinski definition) is 1. The number of rotatable bonds is 4. The summed E-state index contributed by atoms with van der Waals surface area (Å²) in [5, 5.41) is 2.77. The minimum absolute atomic E-state index is 0.193. The molecular weight excluding hydrogens is 404 g/mol. The van der Waals surface area contributed by atoms with Crippen molar-refractivity contribution in [2.24, 2.45) is 0 Å². The van der Waals surface area contributed by atoms with E-state index in [1.54, 1.807) is 42.5 Å². The third-order valence-corrected chi connectivity index (χ3v) is 4.96. The Balaban J connectivity index is 1.66. The third kappa shape index (κ3) is 3.77. The summed E-state index contributed by atoms with van der Waals surface area (Å²) in [7, 11) is 0. The summed E-state index contributed by atoms with van der Waals surface area (Å²) in [5.41, 5.74) is 2.02. The van der Waals surface area contributed by atoms with Crippen molar-refractivity contribution in [2.45, 2.75) is 13.3 Å². The summed E-state index contributed by atoms with van der Waals surface area (Å²) in [6, 6.07) is 16.7. The van der Waals surface area contributed by atoms with Crippen LogP contribution < -0.4 is 10.2 Å². The molecule has 0 saturated carbocycles. The average molecular weight is 421 g/mol. The molecule has 1 fully saturated rings. The number of carbonyl (C=O) groups excluding carboxylic acids is 3. The fourth-order valence-corrected chi connectivity index (χ4v) is 3.33. The van der Waals surface area contributed by atoms with Crippen molar-refractivity contribution in [3.05, 3.63) is 82.6 Å². The second kappa shape index (κ2) is 8.00. The van der Waals surface area contributed by atoms with E-state index in [-0.39, 0.29) is 5.57 Å². The van der Waals surface area contributed by atoms with E-state index in [1.807, 2.05) is 25.1 Å². The number of nitrogens with zero attached hydrogens (tertiary/aromatic N) is 1. The lowest BCUT2D eigenvalue weighted by atomic mass is 10.1. The molecule has 1 aromatic heterocycles. The van der Waals surface area contributed by atoms with Crippen LogP contribution in [0.4, 0.5) is 10.5 Å². The molecule has 0 aliphatic carbocycles. The molecule has 1 aliphatic heterocycles. The SMILES string of the molecule is CCc1ccc(N2C(=O)NC(=O)/C(=C/c3ccc(-c4cccc(Cl)c4)o3)C2=O)cc1. The first-order valence-electron chi connectivity index (χ1n) is 9.32. The zero-order chi connectivity index (χ0) is 21.3. The Morgan fingerprint density at radius 1 is 1.03 bits per heavy atom. The van der Waals surface area contributed by atoms with Gasteiger partial charge in [-0.15, -0.1) is 0 Å². The molecule has 2 heterocycles. The number of anilines is 1. The van der Waals surface area contributed by atoms with Crippen LogP contribution in [0.25, 0.3) is 17.4 Å². The molecule has 0 spiro atoms. The van der Waals surface area contributed by atoms with Crippen molar-refractivity contribution < 1.29 is 18.8 Å². The van der Waals surface area contributed by atoms with Crippen LogP contribution in [0, 0.1) is 0 Å². The zero-order valence-electron chi connectivity index (χ0n) is 16.0. The summed E-state index contributed by atoms with van der Waals surface area (Å²) in [4.78, 5) is 38.5. The number of amides is 4. The largest absolute Gasteiger partial charge is 0.457 e. The van der Waals surface area contributed by atoms with Gasteiger partial charge in [-0.05, 0) is 54.5 Å². The molecule has 0 atom stereocenters. The van der Waals surface area contributed by atoms with E-state index in [0.717, 1.165) is 22.4 Å². The number of barbiturate groups is 1.